The van der Waals surface area contributed by atoms with E-state index in [1.165, 1.54) is 25.2 Å². The summed E-state index contributed by atoms with van der Waals surface area (Å²) in [4.78, 5) is 10.3. The molecule has 1 unspecified atom stereocenters. The van der Waals surface area contributed by atoms with E-state index in [2.05, 4.69) is 10.0 Å². The summed E-state index contributed by atoms with van der Waals surface area (Å²) in [6.45, 7) is 1.85. The molecule has 0 saturated heterocycles. The second kappa shape index (κ2) is 5.98. The van der Waals surface area contributed by atoms with Crippen molar-refractivity contribution >= 4 is 21.4 Å². The van der Waals surface area contributed by atoms with Gasteiger partial charge in [0.25, 0.3) is 5.69 Å². The Hall–Kier alpha value is -1.67. The molecule has 0 radical (unpaired) electrons. The number of benzene rings is 1. The van der Waals surface area contributed by atoms with Gasteiger partial charge in [-0.2, -0.15) is 0 Å². The van der Waals surface area contributed by atoms with Crippen LogP contribution in [0.2, 0.25) is 0 Å². The highest BCUT2D eigenvalue weighted by atomic mass is 32.2. The van der Waals surface area contributed by atoms with Crippen LogP contribution in [0.3, 0.4) is 0 Å². The topological polar surface area (TPSA) is 101 Å². The summed E-state index contributed by atoms with van der Waals surface area (Å²) in [5.74, 6) is 0.376. The molecule has 7 nitrogen and oxygen atoms in total. The van der Waals surface area contributed by atoms with Crippen LogP contribution >= 0.6 is 0 Å². The minimum atomic E-state index is -3.67. The van der Waals surface area contributed by atoms with Gasteiger partial charge in [0.2, 0.25) is 10.0 Å². The normalized spacial score (nSPS) is 17.0. The molecule has 0 spiro atoms. The minimum absolute atomic E-state index is 0.0311. The van der Waals surface area contributed by atoms with E-state index >= 15 is 0 Å². The van der Waals surface area contributed by atoms with E-state index in [0.29, 0.717) is 5.92 Å². The first-order chi connectivity index (χ1) is 9.85. The van der Waals surface area contributed by atoms with Gasteiger partial charge < -0.3 is 5.32 Å². The lowest BCUT2D eigenvalue weighted by Gasteiger charge is -2.31. The third-order valence-electron chi connectivity index (χ3n) is 3.94. The summed E-state index contributed by atoms with van der Waals surface area (Å²) in [6.07, 6.45) is 3.20. The van der Waals surface area contributed by atoms with E-state index in [-0.39, 0.29) is 22.3 Å². The highest BCUT2D eigenvalue weighted by Crippen LogP contribution is 2.31. The number of anilines is 1. The lowest BCUT2D eigenvalue weighted by atomic mass is 9.81. The predicted molar refractivity (Wildman–Crippen MR) is 79.8 cm³/mol. The van der Waals surface area contributed by atoms with Crippen molar-refractivity contribution in [3.63, 3.8) is 0 Å². The van der Waals surface area contributed by atoms with Crippen LogP contribution < -0.4 is 10.0 Å². The van der Waals surface area contributed by atoms with Gasteiger partial charge in [0.15, 0.2) is 0 Å². The zero-order valence-electron chi connectivity index (χ0n) is 12.0. The summed E-state index contributed by atoms with van der Waals surface area (Å²) in [6, 6.07) is 3.62. The summed E-state index contributed by atoms with van der Waals surface area (Å²) < 4.78 is 27.3. The van der Waals surface area contributed by atoms with E-state index in [1.54, 1.807) is 0 Å². The maximum atomic E-state index is 12.3. The fourth-order valence-electron chi connectivity index (χ4n) is 2.39. The van der Waals surface area contributed by atoms with Crippen LogP contribution in [0.1, 0.15) is 26.2 Å². The molecule has 0 bridgehead atoms. The van der Waals surface area contributed by atoms with Gasteiger partial charge in [-0.1, -0.05) is 6.42 Å². The van der Waals surface area contributed by atoms with E-state index in [0.717, 1.165) is 19.3 Å². The van der Waals surface area contributed by atoms with Crippen LogP contribution in [0.5, 0.6) is 0 Å². The van der Waals surface area contributed by atoms with Crippen LogP contribution in [-0.4, -0.2) is 26.4 Å². The number of nitrogens with one attached hydrogen (secondary N) is 2. The second-order valence-corrected chi connectivity index (χ2v) is 7.00. The zero-order valence-corrected chi connectivity index (χ0v) is 12.8. The number of sulfonamides is 1. The van der Waals surface area contributed by atoms with Crippen molar-refractivity contribution in [2.45, 2.75) is 37.1 Å². The van der Waals surface area contributed by atoms with Crippen LogP contribution in [0.25, 0.3) is 0 Å². The number of nitro groups is 1. The Morgan fingerprint density at radius 1 is 1.38 bits per heavy atom. The van der Waals surface area contributed by atoms with Gasteiger partial charge >= 0.3 is 0 Å². The van der Waals surface area contributed by atoms with E-state index in [1.807, 2.05) is 6.92 Å². The molecule has 2 N–H and O–H groups in total. The quantitative estimate of drug-likeness (QED) is 0.618. The maximum absolute atomic E-state index is 12.3. The molecule has 1 aliphatic rings. The highest BCUT2D eigenvalue weighted by Gasteiger charge is 2.28. The first kappa shape index (κ1) is 15.7. The number of nitrogens with zero attached hydrogens (tertiary/aromatic N) is 1. The smallest absolute Gasteiger partial charge is 0.292 e. The molecule has 2 rings (SSSR count). The van der Waals surface area contributed by atoms with Gasteiger partial charge in [0.05, 0.1) is 9.82 Å². The molecule has 1 fully saturated rings. The Morgan fingerprint density at radius 3 is 2.52 bits per heavy atom. The van der Waals surface area contributed by atoms with Crippen LogP contribution in [0, 0.1) is 16.0 Å². The summed E-state index contributed by atoms with van der Waals surface area (Å²) in [7, 11) is -2.15. The molecule has 116 valence electrons. The molecule has 1 aliphatic carbocycles. The lowest BCUT2D eigenvalue weighted by molar-refractivity contribution is -0.384. The van der Waals surface area contributed by atoms with Crippen LogP contribution in [-0.2, 0) is 10.0 Å². The molecule has 8 heteroatoms. The van der Waals surface area contributed by atoms with Crippen molar-refractivity contribution in [1.29, 1.82) is 0 Å². The van der Waals surface area contributed by atoms with E-state index < -0.39 is 14.9 Å². The first-order valence-electron chi connectivity index (χ1n) is 6.83. The molecule has 0 heterocycles. The average Bonchev–Trinajstić information content (AvgIpc) is 2.34. The van der Waals surface area contributed by atoms with Crippen molar-refractivity contribution in [3.05, 3.63) is 28.3 Å². The van der Waals surface area contributed by atoms with Crippen molar-refractivity contribution in [2.24, 2.45) is 5.92 Å². The van der Waals surface area contributed by atoms with E-state index in [4.69, 9.17) is 0 Å². The minimum Gasteiger partial charge on any atom is -0.383 e. The molecule has 21 heavy (non-hydrogen) atoms. The Kier molecular flexibility index (Phi) is 4.48. The fourth-order valence-corrected chi connectivity index (χ4v) is 3.73. The lowest BCUT2D eigenvalue weighted by Crippen LogP contribution is -2.40. The van der Waals surface area contributed by atoms with Crippen molar-refractivity contribution in [2.75, 3.05) is 12.4 Å². The monoisotopic (exact) mass is 313 g/mol. The highest BCUT2D eigenvalue weighted by molar-refractivity contribution is 7.89. The van der Waals surface area contributed by atoms with Crippen LogP contribution in [0.4, 0.5) is 11.4 Å². The maximum Gasteiger partial charge on any atom is 0.292 e. The summed E-state index contributed by atoms with van der Waals surface area (Å²) in [5, 5.41) is 13.5. The first-order valence-corrected chi connectivity index (χ1v) is 8.32. The third kappa shape index (κ3) is 3.33. The number of nitro benzene ring substituents is 1. The molecular formula is C13H19N3O4S. The fraction of sp³-hybridized carbons (Fsp3) is 0.538. The predicted octanol–water partition coefficient (Wildman–Crippen LogP) is 2.10. The SMILES string of the molecule is CNc1cc(S(=O)(=O)NC(C)C2CCC2)ccc1[N+](=O)[O-]. The Labute approximate surface area is 123 Å². The van der Waals surface area contributed by atoms with E-state index in [9.17, 15) is 18.5 Å². The Morgan fingerprint density at radius 2 is 2.05 bits per heavy atom. The molecule has 0 aliphatic heterocycles. The van der Waals surface area contributed by atoms with Gasteiger partial charge in [-0.3, -0.25) is 10.1 Å². The molecule has 0 aromatic heterocycles. The molecule has 1 aromatic rings. The molecular weight excluding hydrogens is 294 g/mol. The number of rotatable bonds is 6. The van der Waals surface area contributed by atoms with Gasteiger partial charge in [-0.25, -0.2) is 13.1 Å². The van der Waals surface area contributed by atoms with Gasteiger partial charge in [0.1, 0.15) is 5.69 Å². The standard InChI is InChI=1S/C13H19N3O4S/c1-9(10-4-3-5-10)15-21(19,20)11-6-7-13(16(17)18)12(8-11)14-2/h6-10,14-15H,3-5H2,1-2H3. The second-order valence-electron chi connectivity index (χ2n) is 5.29. The molecule has 1 atom stereocenters. The van der Waals surface area contributed by atoms with Crippen molar-refractivity contribution in [1.82, 2.24) is 4.72 Å². The summed E-state index contributed by atoms with van der Waals surface area (Å²) >= 11 is 0. The average molecular weight is 313 g/mol. The van der Waals surface area contributed by atoms with Crippen molar-refractivity contribution < 1.29 is 13.3 Å². The van der Waals surface area contributed by atoms with Gasteiger partial charge in [-0.15, -0.1) is 0 Å². The number of hydrogen-bond acceptors (Lipinski definition) is 5. The largest absolute Gasteiger partial charge is 0.383 e. The molecule has 0 amide bonds. The van der Waals surface area contributed by atoms with Gasteiger partial charge in [-0.05, 0) is 37.8 Å². The summed E-state index contributed by atoms with van der Waals surface area (Å²) in [5.41, 5.74) is 0.0302. The zero-order chi connectivity index (χ0) is 15.6. The van der Waals surface area contributed by atoms with Gasteiger partial charge in [0, 0.05) is 19.2 Å². The number of hydrogen-bond donors (Lipinski definition) is 2. The Bertz CT molecular complexity index is 641. The van der Waals surface area contributed by atoms with Crippen molar-refractivity contribution in [3.8, 4) is 0 Å². The molecule has 1 aromatic carbocycles. The van der Waals surface area contributed by atoms with Crippen LogP contribution in [0.15, 0.2) is 23.1 Å². The molecule has 1 saturated carbocycles. The Balaban J connectivity index is 2.25. The third-order valence-corrected chi connectivity index (χ3v) is 5.50.